The van der Waals surface area contributed by atoms with Crippen LogP contribution in [0.2, 0.25) is 0 Å². The van der Waals surface area contributed by atoms with E-state index in [1.807, 2.05) is 0 Å². The van der Waals surface area contributed by atoms with Gasteiger partial charge in [-0.05, 0) is 6.92 Å². The van der Waals surface area contributed by atoms with Gasteiger partial charge >= 0.3 is 5.97 Å². The third kappa shape index (κ3) is 2.19. The Bertz CT molecular complexity index is 513. The lowest BCUT2D eigenvalue weighted by Crippen LogP contribution is -2.03. The van der Waals surface area contributed by atoms with Crippen LogP contribution in [0.25, 0.3) is 0 Å². The molecule has 0 saturated heterocycles. The molecule has 2 aromatic heterocycles. The Morgan fingerprint density at radius 1 is 1.50 bits per heavy atom. The molecule has 0 aliphatic carbocycles. The number of rotatable bonds is 3. The third-order valence-electron chi connectivity index (χ3n) is 1.78. The number of carboxylic acid groups (broad SMARTS) is 1. The number of nitrogens with zero attached hydrogens (tertiary/aromatic N) is 3. The molecule has 0 aliphatic heterocycles. The molecule has 0 fully saturated rings. The summed E-state index contributed by atoms with van der Waals surface area (Å²) in [6.45, 7) is 1.62. The molecule has 0 bridgehead atoms. The molecule has 0 unspecified atom stereocenters. The predicted octanol–water partition coefficient (Wildman–Crippen LogP) is 1.62. The van der Waals surface area contributed by atoms with Crippen molar-refractivity contribution in [2.45, 2.75) is 17.3 Å². The van der Waals surface area contributed by atoms with Crippen molar-refractivity contribution in [3.8, 4) is 0 Å². The van der Waals surface area contributed by atoms with Gasteiger partial charge in [-0.1, -0.05) is 0 Å². The second kappa shape index (κ2) is 4.31. The van der Waals surface area contributed by atoms with Crippen LogP contribution in [0, 0.1) is 6.92 Å². The smallest absolute Gasteiger partial charge is 0.339 e. The summed E-state index contributed by atoms with van der Waals surface area (Å²) in [5, 5.41) is 9.62. The van der Waals surface area contributed by atoms with Crippen LogP contribution in [0.5, 0.6) is 0 Å². The lowest BCUT2D eigenvalue weighted by molar-refractivity contribution is 0.0695. The molecular weight excluding hydrogens is 230 g/mol. The van der Waals surface area contributed by atoms with Gasteiger partial charge in [-0.2, -0.15) is 0 Å². The van der Waals surface area contributed by atoms with Gasteiger partial charge in [0.05, 0.1) is 17.5 Å². The van der Waals surface area contributed by atoms with Crippen molar-refractivity contribution < 1.29 is 14.3 Å². The monoisotopic (exact) mass is 237 g/mol. The largest absolute Gasteiger partial charge is 0.478 e. The van der Waals surface area contributed by atoms with Crippen molar-refractivity contribution in [3.05, 3.63) is 29.9 Å². The Balaban J connectivity index is 2.24. The van der Waals surface area contributed by atoms with Crippen molar-refractivity contribution in [1.82, 2.24) is 15.0 Å². The van der Waals surface area contributed by atoms with Crippen LogP contribution in [0.4, 0.5) is 0 Å². The lowest BCUT2D eigenvalue weighted by Gasteiger charge is -2.00. The Hall–Kier alpha value is -1.89. The second-order valence-electron chi connectivity index (χ2n) is 2.86. The standard InChI is InChI=1S/C9H7N3O3S/c1-5-6(7(13)14)4-11-8(12-5)16-9-10-2-3-15-9/h2-4H,1H3,(H,13,14). The SMILES string of the molecule is Cc1nc(Sc2ncco2)ncc1C(=O)O. The van der Waals surface area contributed by atoms with Crippen LogP contribution in [-0.2, 0) is 0 Å². The predicted molar refractivity (Wildman–Crippen MR) is 54.4 cm³/mol. The number of aryl methyl sites for hydroxylation is 1. The van der Waals surface area contributed by atoms with Crippen LogP contribution in [0.3, 0.4) is 0 Å². The molecule has 0 atom stereocenters. The topological polar surface area (TPSA) is 89.1 Å². The summed E-state index contributed by atoms with van der Waals surface area (Å²) in [4.78, 5) is 22.6. The fraction of sp³-hybridized carbons (Fsp3) is 0.111. The van der Waals surface area contributed by atoms with E-state index < -0.39 is 5.97 Å². The van der Waals surface area contributed by atoms with E-state index in [0.717, 1.165) is 11.8 Å². The minimum absolute atomic E-state index is 0.0942. The summed E-state index contributed by atoms with van der Waals surface area (Å²) in [7, 11) is 0. The first-order chi connectivity index (χ1) is 7.66. The Kier molecular flexibility index (Phi) is 2.86. The molecule has 6 nitrogen and oxygen atoms in total. The minimum atomic E-state index is -1.04. The number of carboxylic acids is 1. The van der Waals surface area contributed by atoms with Crippen molar-refractivity contribution in [2.75, 3.05) is 0 Å². The average Bonchev–Trinajstić information content (AvgIpc) is 2.70. The highest BCUT2D eigenvalue weighted by molar-refractivity contribution is 7.98. The van der Waals surface area contributed by atoms with Gasteiger partial charge in [0.1, 0.15) is 6.26 Å². The lowest BCUT2D eigenvalue weighted by atomic mass is 10.2. The first-order valence-corrected chi connectivity index (χ1v) is 5.13. The molecule has 0 spiro atoms. The molecular formula is C9H7N3O3S. The quantitative estimate of drug-likeness (QED) is 0.811. The van der Waals surface area contributed by atoms with Crippen molar-refractivity contribution in [2.24, 2.45) is 0 Å². The van der Waals surface area contributed by atoms with Crippen LogP contribution in [-0.4, -0.2) is 26.0 Å². The molecule has 0 amide bonds. The minimum Gasteiger partial charge on any atom is -0.478 e. The number of hydrogen-bond donors (Lipinski definition) is 1. The summed E-state index contributed by atoms with van der Waals surface area (Å²) < 4.78 is 5.01. The normalized spacial score (nSPS) is 10.3. The van der Waals surface area contributed by atoms with E-state index >= 15 is 0 Å². The summed E-state index contributed by atoms with van der Waals surface area (Å²) in [6, 6.07) is 0. The molecule has 2 rings (SSSR count). The van der Waals surface area contributed by atoms with Gasteiger partial charge in [0.2, 0.25) is 0 Å². The second-order valence-corrected chi connectivity index (χ2v) is 3.78. The van der Waals surface area contributed by atoms with E-state index in [4.69, 9.17) is 9.52 Å². The Morgan fingerprint density at radius 2 is 2.31 bits per heavy atom. The molecule has 0 aliphatic rings. The number of hydrogen-bond acceptors (Lipinski definition) is 6. The maximum atomic E-state index is 10.7. The van der Waals surface area contributed by atoms with Gasteiger partial charge in [-0.25, -0.2) is 19.7 Å². The molecule has 16 heavy (non-hydrogen) atoms. The van der Waals surface area contributed by atoms with E-state index in [2.05, 4.69) is 15.0 Å². The zero-order chi connectivity index (χ0) is 11.5. The van der Waals surface area contributed by atoms with Crippen LogP contribution in [0.15, 0.2) is 33.5 Å². The van der Waals surface area contributed by atoms with Crippen LogP contribution < -0.4 is 0 Å². The molecule has 2 aromatic rings. The summed E-state index contributed by atoms with van der Waals surface area (Å²) >= 11 is 1.14. The molecule has 1 N–H and O–H groups in total. The fourth-order valence-electron chi connectivity index (χ4n) is 1.04. The number of oxazole rings is 1. The van der Waals surface area contributed by atoms with Crippen LogP contribution in [0.1, 0.15) is 16.1 Å². The third-order valence-corrected chi connectivity index (χ3v) is 2.53. The Labute approximate surface area is 94.8 Å². The van der Waals surface area contributed by atoms with Crippen molar-refractivity contribution >= 4 is 17.7 Å². The zero-order valence-corrected chi connectivity index (χ0v) is 9.06. The van der Waals surface area contributed by atoms with E-state index in [9.17, 15) is 4.79 Å². The van der Waals surface area contributed by atoms with E-state index in [1.165, 1.54) is 18.7 Å². The zero-order valence-electron chi connectivity index (χ0n) is 8.25. The maximum absolute atomic E-state index is 10.7. The van der Waals surface area contributed by atoms with Gasteiger partial charge in [0, 0.05) is 18.0 Å². The highest BCUT2D eigenvalue weighted by Gasteiger charge is 2.11. The van der Waals surface area contributed by atoms with Crippen molar-refractivity contribution in [3.63, 3.8) is 0 Å². The average molecular weight is 237 g/mol. The van der Waals surface area contributed by atoms with Crippen molar-refractivity contribution in [1.29, 1.82) is 0 Å². The maximum Gasteiger partial charge on any atom is 0.339 e. The van der Waals surface area contributed by atoms with E-state index in [0.29, 0.717) is 16.1 Å². The van der Waals surface area contributed by atoms with Gasteiger partial charge in [0.15, 0.2) is 5.16 Å². The first-order valence-electron chi connectivity index (χ1n) is 4.31. The summed E-state index contributed by atoms with van der Waals surface area (Å²) in [5.41, 5.74) is 0.508. The molecule has 2 heterocycles. The highest BCUT2D eigenvalue weighted by atomic mass is 32.2. The van der Waals surface area contributed by atoms with Gasteiger partial charge < -0.3 is 9.52 Å². The van der Waals surface area contributed by atoms with Gasteiger partial charge in [0.25, 0.3) is 5.22 Å². The van der Waals surface area contributed by atoms with E-state index in [-0.39, 0.29) is 5.56 Å². The molecule has 82 valence electrons. The highest BCUT2D eigenvalue weighted by Crippen LogP contribution is 2.22. The summed E-state index contributed by atoms with van der Waals surface area (Å²) in [5.74, 6) is -1.04. The summed E-state index contributed by atoms with van der Waals surface area (Å²) in [6.07, 6.45) is 4.23. The first kappa shape index (κ1) is 10.6. The number of aromatic carboxylic acids is 1. The molecule has 0 aromatic carbocycles. The number of carbonyl (C=O) groups is 1. The van der Waals surface area contributed by atoms with E-state index in [1.54, 1.807) is 6.92 Å². The Morgan fingerprint density at radius 3 is 2.88 bits per heavy atom. The van der Waals surface area contributed by atoms with Gasteiger partial charge in [-0.3, -0.25) is 0 Å². The fourth-order valence-corrected chi connectivity index (χ4v) is 1.71. The molecule has 0 saturated carbocycles. The molecule has 7 heteroatoms. The number of aromatic nitrogens is 3. The van der Waals surface area contributed by atoms with Crippen LogP contribution >= 0.6 is 11.8 Å². The van der Waals surface area contributed by atoms with Gasteiger partial charge in [-0.15, -0.1) is 0 Å². The molecule has 0 radical (unpaired) electrons.